The standard InChI is InChI=1S/C32H60O18P2S4/c33-51(43-25-53(35,36)47-29-15-5-1-6-16-29,44-26-54(37,38)48-30-17-7-2-8-18-30)23-13-14-24-52(34,45-27-55(39,40)49-31-19-9-3-10-20-31)46-28-56(41,42)50-32-21-11-4-12-22-32/h29-32H,1-28H2. The largest absolute Gasteiger partial charge is 0.332 e. The predicted octanol–water partition coefficient (Wildman–Crippen LogP) is 6.77. The van der Waals surface area contributed by atoms with Gasteiger partial charge in [-0.1, -0.05) is 77.0 Å². The Morgan fingerprint density at radius 2 is 0.536 bits per heavy atom. The highest BCUT2D eigenvalue weighted by atomic mass is 32.2. The van der Waals surface area contributed by atoms with E-state index in [-0.39, 0.29) is 12.8 Å². The van der Waals surface area contributed by atoms with Crippen molar-refractivity contribution in [3.05, 3.63) is 0 Å². The molecular weight excluding hydrogens is 863 g/mol. The average Bonchev–Trinajstić information content (AvgIpc) is 3.15. The van der Waals surface area contributed by atoms with Gasteiger partial charge >= 0.3 is 15.2 Å². The highest BCUT2D eigenvalue weighted by Gasteiger charge is 2.36. The third kappa shape index (κ3) is 19.1. The SMILES string of the molecule is O=P(CCCCP(=O)(OCS(=O)(=O)OC1CCCCC1)OCS(=O)(=O)OC1CCCCC1)(OCS(=O)(=O)OC1CCCCC1)OCS(=O)(=O)OC1CCCCC1. The van der Waals surface area contributed by atoms with Crippen LogP contribution in [-0.2, 0) is 84.4 Å². The van der Waals surface area contributed by atoms with Gasteiger partial charge in [0.25, 0.3) is 40.5 Å². The molecule has 0 amide bonds. The first-order valence-corrected chi connectivity index (χ1v) is 29.5. The van der Waals surface area contributed by atoms with Crippen LogP contribution in [-0.4, -0.2) is 94.2 Å². The molecule has 0 aromatic heterocycles. The molecule has 24 heteroatoms. The van der Waals surface area contributed by atoms with E-state index in [1.165, 1.54) is 0 Å². The van der Waals surface area contributed by atoms with Crippen LogP contribution in [0.5, 0.6) is 0 Å². The minimum Gasteiger partial charge on any atom is -0.290 e. The molecule has 56 heavy (non-hydrogen) atoms. The summed E-state index contributed by atoms with van der Waals surface area (Å²) in [5.74, 6) is -4.81. The summed E-state index contributed by atoms with van der Waals surface area (Å²) >= 11 is 0. The molecule has 18 nitrogen and oxygen atoms in total. The zero-order valence-corrected chi connectivity index (χ0v) is 37.0. The molecule has 0 atom stereocenters. The van der Waals surface area contributed by atoms with Crippen LogP contribution in [0.25, 0.3) is 0 Å². The average molecular weight is 923 g/mol. The number of hydrogen-bond acceptors (Lipinski definition) is 18. The fraction of sp³-hybridized carbons (Fsp3) is 1.00. The summed E-state index contributed by atoms with van der Waals surface area (Å²) < 4.78 is 172. The predicted molar refractivity (Wildman–Crippen MR) is 206 cm³/mol. The van der Waals surface area contributed by atoms with Gasteiger partial charge in [-0.2, -0.15) is 33.7 Å². The number of hydrogen-bond donors (Lipinski definition) is 0. The molecule has 0 aromatic carbocycles. The van der Waals surface area contributed by atoms with Crippen molar-refractivity contribution in [1.29, 1.82) is 0 Å². The summed E-state index contributed by atoms with van der Waals surface area (Å²) in [5.41, 5.74) is 0. The van der Waals surface area contributed by atoms with E-state index in [1.54, 1.807) is 0 Å². The maximum atomic E-state index is 13.9. The van der Waals surface area contributed by atoms with Gasteiger partial charge in [0.2, 0.25) is 0 Å². The van der Waals surface area contributed by atoms with E-state index in [2.05, 4.69) is 0 Å². The van der Waals surface area contributed by atoms with Gasteiger partial charge in [-0.05, 0) is 64.2 Å². The molecule has 0 N–H and O–H groups in total. The van der Waals surface area contributed by atoms with Gasteiger partial charge in [-0.15, -0.1) is 0 Å². The molecule has 0 unspecified atom stereocenters. The van der Waals surface area contributed by atoms with E-state index in [0.29, 0.717) is 51.4 Å². The van der Waals surface area contributed by atoms with Crippen LogP contribution in [0.2, 0.25) is 0 Å². The van der Waals surface area contributed by atoms with Crippen molar-refractivity contribution in [1.82, 2.24) is 0 Å². The second-order valence-corrected chi connectivity index (χ2v) is 25.6. The normalized spacial score (nSPS) is 21.4. The Bertz CT molecular complexity index is 1490. The van der Waals surface area contributed by atoms with Crippen LogP contribution >= 0.6 is 15.2 Å². The van der Waals surface area contributed by atoms with Crippen molar-refractivity contribution < 1.29 is 77.6 Å². The van der Waals surface area contributed by atoms with Crippen molar-refractivity contribution in [2.45, 2.75) is 166 Å². The van der Waals surface area contributed by atoms with Gasteiger partial charge in [-0.3, -0.25) is 44.0 Å². The monoisotopic (exact) mass is 922 g/mol. The van der Waals surface area contributed by atoms with Gasteiger partial charge in [0.05, 0.1) is 36.7 Å². The molecule has 0 saturated heterocycles. The minimum absolute atomic E-state index is 0.225. The molecule has 4 rings (SSSR count). The number of rotatable bonds is 25. The molecule has 0 aromatic rings. The van der Waals surface area contributed by atoms with Crippen molar-refractivity contribution in [2.24, 2.45) is 0 Å². The second-order valence-electron chi connectivity index (χ2n) is 15.0. The van der Waals surface area contributed by atoms with E-state index >= 15 is 0 Å². The van der Waals surface area contributed by atoms with Crippen LogP contribution in [0.15, 0.2) is 0 Å². The molecule has 4 aliphatic rings. The van der Waals surface area contributed by atoms with Crippen molar-refractivity contribution >= 4 is 55.7 Å². The molecule has 4 fully saturated rings. The molecule has 0 heterocycles. The quantitative estimate of drug-likeness (QED) is 0.0521. The first-order valence-electron chi connectivity index (χ1n) is 19.7. The molecule has 330 valence electrons. The molecular formula is C32H60O18P2S4. The van der Waals surface area contributed by atoms with Crippen LogP contribution in [0, 0.1) is 0 Å². The van der Waals surface area contributed by atoms with Crippen molar-refractivity contribution in [3.63, 3.8) is 0 Å². The van der Waals surface area contributed by atoms with E-state index in [4.69, 9.17) is 34.8 Å². The van der Waals surface area contributed by atoms with E-state index in [0.717, 1.165) is 77.0 Å². The summed E-state index contributed by atoms with van der Waals surface area (Å²) in [6.45, 7) is 0. The van der Waals surface area contributed by atoms with Crippen LogP contribution in [0.1, 0.15) is 141 Å². The summed E-state index contributed by atoms with van der Waals surface area (Å²) in [6.07, 6.45) is 10.1. The Morgan fingerprint density at radius 1 is 0.339 bits per heavy atom. The Morgan fingerprint density at radius 3 is 0.732 bits per heavy atom. The van der Waals surface area contributed by atoms with Crippen LogP contribution in [0.3, 0.4) is 0 Å². The van der Waals surface area contributed by atoms with Gasteiger partial charge in [0.15, 0.2) is 23.8 Å². The minimum atomic E-state index is -4.55. The summed E-state index contributed by atoms with van der Waals surface area (Å²) in [4.78, 5) is 0. The fourth-order valence-electron chi connectivity index (χ4n) is 7.11. The van der Waals surface area contributed by atoms with Gasteiger partial charge in [0, 0.05) is 0 Å². The lowest BCUT2D eigenvalue weighted by Gasteiger charge is -2.24. The summed E-state index contributed by atoms with van der Waals surface area (Å²) in [6, 6.07) is 0. The Labute approximate surface area is 333 Å². The Hall–Kier alpha value is -0.0600. The lowest BCUT2D eigenvalue weighted by atomic mass is 9.98. The van der Waals surface area contributed by atoms with E-state index in [9.17, 15) is 42.8 Å². The van der Waals surface area contributed by atoms with Crippen LogP contribution < -0.4 is 0 Å². The third-order valence-corrected chi connectivity index (χ3v) is 18.4. The summed E-state index contributed by atoms with van der Waals surface area (Å²) in [5, 5.41) is 0. The van der Waals surface area contributed by atoms with E-state index < -0.39 is 116 Å². The maximum Gasteiger partial charge on any atom is 0.332 e. The van der Waals surface area contributed by atoms with Gasteiger partial charge in [0.1, 0.15) is 0 Å². The second kappa shape index (κ2) is 22.7. The molecule has 0 bridgehead atoms. The fourth-order valence-corrected chi connectivity index (χ4v) is 16.3. The first kappa shape index (κ1) is 48.6. The van der Waals surface area contributed by atoms with Crippen molar-refractivity contribution in [2.75, 3.05) is 36.1 Å². The first-order chi connectivity index (χ1) is 26.3. The number of unbranched alkanes of at least 4 members (excludes halogenated alkanes) is 1. The maximum absolute atomic E-state index is 13.9. The van der Waals surface area contributed by atoms with Gasteiger partial charge in [-0.25, -0.2) is 0 Å². The molecule has 0 radical (unpaired) electrons. The lowest BCUT2D eigenvalue weighted by Crippen LogP contribution is -2.25. The Balaban J connectivity index is 1.40. The molecule has 4 aliphatic carbocycles. The topological polar surface area (TPSA) is 245 Å². The zero-order chi connectivity index (χ0) is 40.8. The summed E-state index contributed by atoms with van der Waals surface area (Å²) in [7, 11) is -26.6. The van der Waals surface area contributed by atoms with E-state index in [1.807, 2.05) is 0 Å². The smallest absolute Gasteiger partial charge is 0.290 e. The highest BCUT2D eigenvalue weighted by Crippen LogP contribution is 2.53. The molecule has 0 spiro atoms. The van der Waals surface area contributed by atoms with Crippen molar-refractivity contribution in [3.8, 4) is 0 Å². The van der Waals surface area contributed by atoms with Gasteiger partial charge < -0.3 is 0 Å². The lowest BCUT2D eigenvalue weighted by molar-refractivity contribution is 0.147. The molecule has 0 aliphatic heterocycles. The highest BCUT2D eigenvalue weighted by molar-refractivity contribution is 7.87. The van der Waals surface area contributed by atoms with Crippen LogP contribution in [0.4, 0.5) is 0 Å². The Kier molecular flexibility index (Phi) is 19.7. The zero-order valence-electron chi connectivity index (χ0n) is 32.0. The molecule has 4 saturated carbocycles. The third-order valence-electron chi connectivity index (χ3n) is 10.0.